The molecular formula is C29H21F3N4O6. The fourth-order valence-electron chi connectivity index (χ4n) is 4.06. The van der Waals surface area contributed by atoms with E-state index in [0.29, 0.717) is 21.9 Å². The molecule has 3 aromatic carbocycles. The fourth-order valence-corrected chi connectivity index (χ4v) is 4.06. The van der Waals surface area contributed by atoms with Gasteiger partial charge in [-0.2, -0.15) is 13.9 Å². The van der Waals surface area contributed by atoms with Crippen molar-refractivity contribution in [3.63, 3.8) is 0 Å². The second kappa shape index (κ2) is 11.6. The van der Waals surface area contributed by atoms with Gasteiger partial charge < -0.3 is 14.0 Å². The minimum Gasteiger partial charge on any atom is -0.497 e. The van der Waals surface area contributed by atoms with Crippen LogP contribution in [0.15, 0.2) is 81.0 Å². The number of nitrogens with zero attached hydrogens (tertiary/aromatic N) is 4. The molecule has 0 aliphatic heterocycles. The van der Waals surface area contributed by atoms with E-state index >= 15 is 4.39 Å². The van der Waals surface area contributed by atoms with Crippen molar-refractivity contribution in [3.8, 4) is 23.0 Å². The summed E-state index contributed by atoms with van der Waals surface area (Å²) in [4.78, 5) is 42.7. The minimum absolute atomic E-state index is 0.0768. The Morgan fingerprint density at radius 3 is 2.40 bits per heavy atom. The van der Waals surface area contributed by atoms with E-state index < -0.39 is 58.4 Å². The summed E-state index contributed by atoms with van der Waals surface area (Å²) in [6, 6.07) is 14.8. The van der Waals surface area contributed by atoms with E-state index in [0.717, 1.165) is 4.57 Å². The number of hydrogen-bond acceptors (Lipinski definition) is 8. The molecule has 2 heterocycles. The van der Waals surface area contributed by atoms with Crippen LogP contribution >= 0.6 is 0 Å². The van der Waals surface area contributed by atoms with E-state index in [2.05, 4.69) is 10.1 Å². The van der Waals surface area contributed by atoms with Crippen LogP contribution in [0.2, 0.25) is 0 Å². The molecule has 214 valence electrons. The number of ether oxygens (including phenoxy) is 2. The molecule has 0 aliphatic rings. The van der Waals surface area contributed by atoms with Gasteiger partial charge in [-0.3, -0.25) is 14.2 Å². The summed E-state index contributed by atoms with van der Waals surface area (Å²) < 4.78 is 61.1. The molecule has 0 saturated heterocycles. The zero-order chi connectivity index (χ0) is 30.0. The van der Waals surface area contributed by atoms with E-state index in [-0.39, 0.29) is 23.6 Å². The predicted molar refractivity (Wildman–Crippen MR) is 142 cm³/mol. The van der Waals surface area contributed by atoms with Crippen molar-refractivity contribution >= 4 is 5.91 Å². The topological polar surface area (TPSA) is 118 Å². The van der Waals surface area contributed by atoms with E-state index in [4.69, 9.17) is 14.0 Å². The summed E-state index contributed by atoms with van der Waals surface area (Å²) in [6.45, 7) is 0.742. The molecule has 0 fully saturated rings. The van der Waals surface area contributed by atoms with Crippen LogP contribution < -0.4 is 20.7 Å². The van der Waals surface area contributed by atoms with Gasteiger partial charge in [0.1, 0.15) is 12.4 Å². The lowest BCUT2D eigenvalue weighted by molar-refractivity contribution is 0.0948. The van der Waals surface area contributed by atoms with E-state index in [1.165, 1.54) is 32.4 Å². The smallest absolute Gasteiger partial charge is 0.338 e. The van der Waals surface area contributed by atoms with Gasteiger partial charge in [0.25, 0.3) is 17.4 Å². The Balaban J connectivity index is 1.43. The number of methoxy groups -OCH3 is 1. The van der Waals surface area contributed by atoms with Gasteiger partial charge in [-0.1, -0.05) is 35.5 Å². The van der Waals surface area contributed by atoms with Crippen LogP contribution in [0.1, 0.15) is 27.3 Å². The molecule has 5 rings (SSSR count). The lowest BCUT2D eigenvalue weighted by Gasteiger charge is -2.11. The first-order chi connectivity index (χ1) is 20.2. The first-order valence-corrected chi connectivity index (χ1v) is 12.4. The summed E-state index contributed by atoms with van der Waals surface area (Å²) in [6.07, 6.45) is 1.21. The number of hydrogen-bond donors (Lipinski definition) is 0. The Bertz CT molecular complexity index is 1900. The first kappa shape index (κ1) is 28.1. The Morgan fingerprint density at radius 2 is 1.71 bits per heavy atom. The molecule has 0 bridgehead atoms. The zero-order valence-corrected chi connectivity index (χ0v) is 22.1. The molecule has 0 amide bonds. The van der Waals surface area contributed by atoms with Crippen molar-refractivity contribution in [2.45, 2.75) is 20.1 Å². The van der Waals surface area contributed by atoms with Gasteiger partial charge in [-0.05, 0) is 42.8 Å². The molecule has 0 N–H and O–H groups in total. The Labute approximate surface area is 235 Å². The molecule has 0 unspecified atom stereocenters. The lowest BCUT2D eigenvalue weighted by Crippen LogP contribution is -2.44. The highest BCUT2D eigenvalue weighted by atomic mass is 19.2. The van der Waals surface area contributed by atoms with Crippen LogP contribution in [0.3, 0.4) is 0 Å². The summed E-state index contributed by atoms with van der Waals surface area (Å²) in [5, 5.41) is 3.69. The quantitative estimate of drug-likeness (QED) is 0.253. The summed E-state index contributed by atoms with van der Waals surface area (Å²) in [5.74, 6) is -6.20. The number of aromatic nitrogens is 4. The maximum absolute atomic E-state index is 15.3. The maximum atomic E-state index is 15.3. The average Bonchev–Trinajstić information content (AvgIpc) is 3.46. The highest BCUT2D eigenvalue weighted by molar-refractivity contribution is 5.95. The van der Waals surface area contributed by atoms with Crippen LogP contribution in [0, 0.1) is 24.4 Å². The molecule has 0 atom stereocenters. The van der Waals surface area contributed by atoms with Gasteiger partial charge in [-0.25, -0.2) is 13.6 Å². The number of carbonyl (C=O) groups is 1. The molecule has 10 nitrogen and oxygen atoms in total. The highest BCUT2D eigenvalue weighted by Gasteiger charge is 2.25. The van der Waals surface area contributed by atoms with Gasteiger partial charge in [0.05, 0.1) is 19.2 Å². The van der Waals surface area contributed by atoms with Crippen LogP contribution in [0.5, 0.6) is 11.5 Å². The molecule has 5 aromatic rings. The van der Waals surface area contributed by atoms with Crippen LogP contribution in [0.25, 0.3) is 11.5 Å². The molecular weight excluding hydrogens is 557 g/mol. The van der Waals surface area contributed by atoms with Crippen LogP contribution in [-0.4, -0.2) is 32.3 Å². The number of rotatable bonds is 8. The molecule has 2 aromatic heterocycles. The second-order valence-corrected chi connectivity index (χ2v) is 9.05. The normalized spacial score (nSPS) is 11.0. The second-order valence-electron chi connectivity index (χ2n) is 9.05. The average molecular weight is 579 g/mol. The summed E-state index contributed by atoms with van der Waals surface area (Å²) in [7, 11) is 1.48. The monoisotopic (exact) mass is 578 g/mol. The molecule has 0 aliphatic carbocycles. The highest BCUT2D eigenvalue weighted by Crippen LogP contribution is 2.33. The SMILES string of the molecule is COc1ccc(COc2c(F)c(F)cc(-c3nc(Cn4cc(C)c(=O)n(C(=O)c5ccccc5)c4=O)no3)c2F)cc1. The van der Waals surface area contributed by atoms with Crippen molar-refractivity contribution < 1.29 is 32.0 Å². The molecule has 0 spiro atoms. The van der Waals surface area contributed by atoms with Crippen molar-refractivity contribution in [1.82, 2.24) is 19.3 Å². The van der Waals surface area contributed by atoms with Crippen LogP contribution in [-0.2, 0) is 13.2 Å². The summed E-state index contributed by atoms with van der Waals surface area (Å²) >= 11 is 0. The Morgan fingerprint density at radius 1 is 1.00 bits per heavy atom. The fraction of sp³-hybridized carbons (Fsp3) is 0.138. The van der Waals surface area contributed by atoms with Crippen molar-refractivity contribution in [3.05, 3.63) is 128 Å². The predicted octanol–water partition coefficient (Wildman–Crippen LogP) is 4.11. The number of halogens is 3. The summed E-state index contributed by atoms with van der Waals surface area (Å²) in [5.41, 5.74) is -1.62. The van der Waals surface area contributed by atoms with Crippen molar-refractivity contribution in [1.29, 1.82) is 0 Å². The van der Waals surface area contributed by atoms with E-state index in [1.807, 2.05) is 0 Å². The third-order valence-corrected chi connectivity index (χ3v) is 6.22. The van der Waals surface area contributed by atoms with Gasteiger partial charge >= 0.3 is 5.69 Å². The Hall–Kier alpha value is -5.46. The van der Waals surface area contributed by atoms with Crippen molar-refractivity contribution in [2.24, 2.45) is 0 Å². The third kappa shape index (κ3) is 5.44. The number of benzene rings is 3. The first-order valence-electron chi connectivity index (χ1n) is 12.4. The van der Waals surface area contributed by atoms with Crippen LogP contribution in [0.4, 0.5) is 13.2 Å². The molecule has 42 heavy (non-hydrogen) atoms. The minimum atomic E-state index is -1.54. The van der Waals surface area contributed by atoms with E-state index in [1.54, 1.807) is 42.5 Å². The Kier molecular flexibility index (Phi) is 7.74. The van der Waals surface area contributed by atoms with Gasteiger partial charge in [0.15, 0.2) is 23.2 Å². The zero-order valence-electron chi connectivity index (χ0n) is 22.1. The lowest BCUT2D eigenvalue weighted by atomic mass is 10.1. The molecule has 0 radical (unpaired) electrons. The van der Waals surface area contributed by atoms with E-state index in [9.17, 15) is 23.2 Å². The standard InChI is InChI=1S/C29H21F3N4O6/c1-16-13-35(29(39)36(27(16)37)28(38)18-6-4-3-5-7-18)14-22-33-26(42-34-22)20-12-21(30)24(32)25(23(20)31)41-15-17-8-10-19(40-2)11-9-17/h3-13H,14-15H2,1-2H3. The van der Waals surface area contributed by atoms with Gasteiger partial charge in [0.2, 0.25) is 5.82 Å². The van der Waals surface area contributed by atoms with Gasteiger partial charge in [-0.15, -0.1) is 0 Å². The largest absolute Gasteiger partial charge is 0.497 e. The molecule has 13 heteroatoms. The number of aryl methyl sites for hydroxylation is 1. The number of carbonyl (C=O) groups excluding carboxylic acids is 1. The third-order valence-electron chi connectivity index (χ3n) is 6.22. The van der Waals surface area contributed by atoms with Crippen molar-refractivity contribution in [2.75, 3.05) is 7.11 Å². The maximum Gasteiger partial charge on any atom is 0.338 e. The van der Waals surface area contributed by atoms with Gasteiger partial charge in [0, 0.05) is 17.3 Å². The molecule has 0 saturated carbocycles.